The average Bonchev–Trinajstić information content (AvgIpc) is 3.29. The minimum Gasteiger partial charge on any atom is -0.393 e. The first-order valence-electron chi connectivity index (χ1n) is 11.1. The van der Waals surface area contributed by atoms with Crippen molar-refractivity contribution in [2.45, 2.75) is 77.7 Å². The lowest BCUT2D eigenvalue weighted by Gasteiger charge is -2.58. The lowest BCUT2D eigenvalue weighted by Crippen LogP contribution is -2.50. The predicted molar refractivity (Wildman–Crippen MR) is 110 cm³/mol. The van der Waals surface area contributed by atoms with Crippen LogP contribution in [0.3, 0.4) is 0 Å². The number of fused-ring (bicyclic) bond motifs is 5. The van der Waals surface area contributed by atoms with Gasteiger partial charge in [-0.2, -0.15) is 0 Å². The third kappa shape index (κ3) is 2.48. The van der Waals surface area contributed by atoms with Crippen molar-refractivity contribution in [1.29, 1.82) is 0 Å². The van der Waals surface area contributed by atoms with Crippen molar-refractivity contribution in [3.05, 3.63) is 47.3 Å². The van der Waals surface area contributed by atoms with Crippen LogP contribution in [0.25, 0.3) is 0 Å². The fourth-order valence-corrected chi connectivity index (χ4v) is 7.70. The second kappa shape index (κ2) is 6.11. The van der Waals surface area contributed by atoms with E-state index < -0.39 is 0 Å². The fraction of sp³-hybridized carbons (Fsp3) is 0.680. The Kier molecular flexibility index (Phi) is 4.03. The van der Waals surface area contributed by atoms with Gasteiger partial charge in [0.1, 0.15) is 0 Å². The van der Waals surface area contributed by atoms with Crippen LogP contribution < -0.4 is 0 Å². The van der Waals surface area contributed by atoms with Gasteiger partial charge in [-0.1, -0.05) is 44.1 Å². The maximum absolute atomic E-state index is 10.2. The maximum Gasteiger partial charge on any atom is 0.0577 e. The second-order valence-corrected chi connectivity index (χ2v) is 10.4. The molecule has 0 spiro atoms. The number of aromatic amines is 1. The van der Waals surface area contributed by atoms with Crippen LogP contribution in [0.1, 0.15) is 77.2 Å². The third-order valence-electron chi connectivity index (χ3n) is 9.31. The van der Waals surface area contributed by atoms with Crippen LogP contribution in [0.4, 0.5) is 0 Å². The summed E-state index contributed by atoms with van der Waals surface area (Å²) in [5.41, 5.74) is 5.43. The summed E-state index contributed by atoms with van der Waals surface area (Å²) in [4.78, 5) is 3.25. The maximum atomic E-state index is 10.2. The van der Waals surface area contributed by atoms with Crippen molar-refractivity contribution in [3.63, 3.8) is 0 Å². The van der Waals surface area contributed by atoms with E-state index in [1.165, 1.54) is 37.7 Å². The molecule has 2 fully saturated rings. The molecule has 4 aliphatic rings. The molecule has 1 aromatic heterocycles. The van der Waals surface area contributed by atoms with Crippen LogP contribution in [0, 0.1) is 28.6 Å². The number of nitrogens with one attached hydrogen (secondary N) is 1. The topological polar surface area (TPSA) is 36.0 Å². The van der Waals surface area contributed by atoms with Gasteiger partial charge in [0.15, 0.2) is 0 Å². The normalized spacial score (nSPS) is 44.6. The van der Waals surface area contributed by atoms with Crippen molar-refractivity contribution in [1.82, 2.24) is 4.98 Å². The first-order chi connectivity index (χ1) is 12.9. The molecule has 4 aliphatic carbocycles. The Balaban J connectivity index is 1.44. The predicted octanol–water partition coefficient (Wildman–Crippen LogP) is 5.98. The molecular formula is C25H35NO. The smallest absolute Gasteiger partial charge is 0.0577 e. The Morgan fingerprint density at radius 2 is 1.89 bits per heavy atom. The Morgan fingerprint density at radius 3 is 2.67 bits per heavy atom. The summed E-state index contributed by atoms with van der Waals surface area (Å²) in [7, 11) is 0. The van der Waals surface area contributed by atoms with Crippen LogP contribution in [-0.2, 0) is 0 Å². The van der Waals surface area contributed by atoms with E-state index in [0.717, 1.165) is 30.6 Å². The van der Waals surface area contributed by atoms with E-state index in [1.54, 1.807) is 11.1 Å². The van der Waals surface area contributed by atoms with Gasteiger partial charge >= 0.3 is 0 Å². The molecule has 0 bridgehead atoms. The molecule has 1 heterocycles. The highest BCUT2D eigenvalue weighted by atomic mass is 16.3. The largest absolute Gasteiger partial charge is 0.393 e. The van der Waals surface area contributed by atoms with Crippen LogP contribution in [-0.4, -0.2) is 16.2 Å². The Hall–Kier alpha value is -1.28. The van der Waals surface area contributed by atoms with Gasteiger partial charge in [0.05, 0.1) is 6.10 Å². The Bertz CT molecular complexity index is 774. The summed E-state index contributed by atoms with van der Waals surface area (Å²) < 4.78 is 0. The Morgan fingerprint density at radius 1 is 1.07 bits per heavy atom. The van der Waals surface area contributed by atoms with Crippen LogP contribution in [0.15, 0.2) is 41.8 Å². The van der Waals surface area contributed by atoms with E-state index in [4.69, 9.17) is 0 Å². The molecule has 7 atom stereocenters. The van der Waals surface area contributed by atoms with E-state index >= 15 is 0 Å². The Labute approximate surface area is 164 Å². The standard InChI is InChI=1S/C25H35NO/c1-16(17-10-13-26-15-17)21-6-7-22-20-5-4-18-14-19(27)8-11-24(18,2)23(20)9-12-25(21,22)3/h4,6,10,13,15-16,19-20,22-23,26-27H,5,7-9,11-12,14H2,1-3H3/t16?,19?,20-,22-,23-,24-,25+/m0/s1. The van der Waals surface area contributed by atoms with Crippen molar-refractivity contribution in [3.8, 4) is 0 Å². The molecule has 0 amide bonds. The van der Waals surface area contributed by atoms with Crippen molar-refractivity contribution < 1.29 is 5.11 Å². The van der Waals surface area contributed by atoms with Gasteiger partial charge < -0.3 is 10.1 Å². The molecule has 0 aromatic carbocycles. The van der Waals surface area contributed by atoms with Gasteiger partial charge in [0, 0.05) is 18.3 Å². The molecule has 2 saturated carbocycles. The van der Waals surface area contributed by atoms with Crippen molar-refractivity contribution in [2.75, 3.05) is 0 Å². The van der Waals surface area contributed by atoms with Gasteiger partial charge in [-0.05, 0) is 85.2 Å². The molecule has 27 heavy (non-hydrogen) atoms. The number of aliphatic hydroxyl groups is 1. The highest BCUT2D eigenvalue weighted by Crippen LogP contribution is 2.66. The quantitative estimate of drug-likeness (QED) is 0.622. The molecule has 2 unspecified atom stereocenters. The number of aliphatic hydroxyl groups excluding tert-OH is 1. The van der Waals surface area contributed by atoms with E-state index in [1.807, 2.05) is 0 Å². The zero-order valence-electron chi connectivity index (χ0n) is 17.2. The third-order valence-corrected chi connectivity index (χ3v) is 9.31. The summed E-state index contributed by atoms with van der Waals surface area (Å²) in [5, 5.41) is 10.2. The lowest BCUT2D eigenvalue weighted by atomic mass is 9.47. The highest BCUT2D eigenvalue weighted by molar-refractivity contribution is 5.36. The van der Waals surface area contributed by atoms with Gasteiger partial charge in [-0.15, -0.1) is 0 Å². The molecule has 0 aliphatic heterocycles. The van der Waals surface area contributed by atoms with E-state index in [2.05, 4.69) is 56.4 Å². The number of aromatic nitrogens is 1. The summed E-state index contributed by atoms with van der Waals surface area (Å²) in [6.07, 6.45) is 17.6. The molecule has 2 nitrogen and oxygen atoms in total. The van der Waals surface area contributed by atoms with E-state index in [0.29, 0.717) is 16.7 Å². The number of hydrogen-bond acceptors (Lipinski definition) is 1. The monoisotopic (exact) mass is 365 g/mol. The molecule has 0 radical (unpaired) electrons. The van der Waals surface area contributed by atoms with E-state index in [-0.39, 0.29) is 6.10 Å². The van der Waals surface area contributed by atoms with Crippen molar-refractivity contribution >= 4 is 0 Å². The van der Waals surface area contributed by atoms with Gasteiger partial charge in [-0.25, -0.2) is 0 Å². The zero-order chi connectivity index (χ0) is 18.8. The molecule has 2 N–H and O–H groups in total. The first-order valence-corrected chi connectivity index (χ1v) is 11.1. The average molecular weight is 366 g/mol. The number of H-pyrrole nitrogens is 1. The number of allylic oxidation sites excluding steroid dienone is 3. The first kappa shape index (κ1) is 17.8. The number of rotatable bonds is 2. The van der Waals surface area contributed by atoms with Gasteiger partial charge in [-0.3, -0.25) is 0 Å². The summed E-state index contributed by atoms with van der Waals surface area (Å²) >= 11 is 0. The van der Waals surface area contributed by atoms with Crippen LogP contribution in [0.2, 0.25) is 0 Å². The van der Waals surface area contributed by atoms with Crippen molar-refractivity contribution in [2.24, 2.45) is 28.6 Å². The van der Waals surface area contributed by atoms with Gasteiger partial charge in [0.2, 0.25) is 0 Å². The molecule has 1 aromatic rings. The molecular weight excluding hydrogens is 330 g/mol. The van der Waals surface area contributed by atoms with Gasteiger partial charge in [0.25, 0.3) is 0 Å². The van der Waals surface area contributed by atoms with Crippen LogP contribution >= 0.6 is 0 Å². The molecule has 5 rings (SSSR count). The second-order valence-electron chi connectivity index (χ2n) is 10.4. The molecule has 0 saturated heterocycles. The van der Waals surface area contributed by atoms with Crippen LogP contribution in [0.5, 0.6) is 0 Å². The summed E-state index contributed by atoms with van der Waals surface area (Å²) in [6, 6.07) is 2.25. The number of hydrogen-bond donors (Lipinski definition) is 2. The highest BCUT2D eigenvalue weighted by Gasteiger charge is 2.57. The zero-order valence-corrected chi connectivity index (χ0v) is 17.2. The van der Waals surface area contributed by atoms with E-state index in [9.17, 15) is 5.11 Å². The lowest BCUT2D eigenvalue weighted by molar-refractivity contribution is -0.0305. The summed E-state index contributed by atoms with van der Waals surface area (Å²) in [5.74, 6) is 2.96. The molecule has 2 heteroatoms. The molecule has 146 valence electrons. The SMILES string of the molecule is CC(C1=CC[C@H]2[C@@H]3CC=C4CC(O)CC[C@]4(C)[C@H]3CC[C@]12C)c1cc[nH]c1. The fourth-order valence-electron chi connectivity index (χ4n) is 7.70. The summed E-state index contributed by atoms with van der Waals surface area (Å²) in [6.45, 7) is 7.50. The minimum absolute atomic E-state index is 0.100. The minimum atomic E-state index is -0.100.